The fourth-order valence-electron chi connectivity index (χ4n) is 1.62. The van der Waals surface area contributed by atoms with E-state index in [1.54, 1.807) is 0 Å². The number of aromatic nitrogens is 2. The molecule has 1 aromatic heterocycles. The summed E-state index contributed by atoms with van der Waals surface area (Å²) in [6.07, 6.45) is 0.759. The van der Waals surface area contributed by atoms with Crippen LogP contribution in [0.4, 0.5) is 0 Å². The van der Waals surface area contributed by atoms with E-state index in [-0.39, 0.29) is 11.9 Å². The first kappa shape index (κ1) is 12.8. The Balaban J connectivity index is 2.49. The summed E-state index contributed by atoms with van der Waals surface area (Å²) in [5.74, 6) is 1.04. The molecule has 2 aromatic rings. The van der Waals surface area contributed by atoms with Crippen LogP contribution in [0.3, 0.4) is 0 Å². The lowest BCUT2D eigenvalue weighted by atomic mass is 10.1. The number of halogens is 1. The molecule has 0 radical (unpaired) electrons. The van der Waals surface area contributed by atoms with Gasteiger partial charge in [-0.1, -0.05) is 12.1 Å². The van der Waals surface area contributed by atoms with Gasteiger partial charge in [-0.05, 0) is 41.9 Å². The van der Waals surface area contributed by atoms with Crippen LogP contribution in [0, 0.1) is 0 Å². The molecule has 0 saturated heterocycles. The van der Waals surface area contributed by atoms with Gasteiger partial charge in [0, 0.05) is 5.56 Å². The topological polar surface area (TPSA) is 55.0 Å². The average molecular weight is 309 g/mol. The summed E-state index contributed by atoms with van der Waals surface area (Å²) in [4.78, 5) is 17.8. The minimum absolute atomic E-state index is 0.0782. The van der Waals surface area contributed by atoms with Crippen LogP contribution >= 0.6 is 15.9 Å². The lowest BCUT2D eigenvalue weighted by Gasteiger charge is -2.13. The number of rotatable bonds is 4. The second kappa shape index (κ2) is 5.35. The predicted molar refractivity (Wildman–Crippen MR) is 72.9 cm³/mol. The molecule has 0 fully saturated rings. The fraction of sp³-hybridized carbons (Fsp3) is 0.231. The molecule has 2 rings (SSSR count). The van der Waals surface area contributed by atoms with Crippen LogP contribution in [0.2, 0.25) is 0 Å². The Hall–Kier alpha value is -1.62. The van der Waals surface area contributed by atoms with Crippen molar-refractivity contribution in [3.05, 3.63) is 34.7 Å². The van der Waals surface area contributed by atoms with E-state index < -0.39 is 0 Å². The molecule has 18 heavy (non-hydrogen) atoms. The SMILES string of the molecule is CC(C)Oc1ccccc1-c1nc(C=O)[nH]c1Br. The first-order valence-corrected chi connectivity index (χ1v) is 6.38. The Morgan fingerprint density at radius 2 is 2.11 bits per heavy atom. The standard InChI is InChI=1S/C13H13BrN2O2/c1-8(2)18-10-6-4-3-5-9(10)12-13(14)16-11(7-17)15-12/h3-8H,1-2H3,(H,15,16). The van der Waals surface area contributed by atoms with Gasteiger partial charge in [0.25, 0.3) is 0 Å². The smallest absolute Gasteiger partial charge is 0.185 e. The van der Waals surface area contributed by atoms with Crippen LogP contribution in [0.5, 0.6) is 5.75 Å². The Morgan fingerprint density at radius 3 is 2.72 bits per heavy atom. The van der Waals surface area contributed by atoms with E-state index in [9.17, 15) is 4.79 Å². The molecule has 0 saturated carbocycles. The van der Waals surface area contributed by atoms with E-state index in [2.05, 4.69) is 25.9 Å². The van der Waals surface area contributed by atoms with Crippen molar-refractivity contribution in [2.24, 2.45) is 0 Å². The van der Waals surface area contributed by atoms with Crippen molar-refractivity contribution in [2.75, 3.05) is 0 Å². The zero-order valence-corrected chi connectivity index (χ0v) is 11.7. The number of ether oxygens (including phenoxy) is 1. The number of para-hydroxylation sites is 1. The molecule has 0 aliphatic carbocycles. The first-order chi connectivity index (χ1) is 8.61. The molecule has 0 aliphatic rings. The van der Waals surface area contributed by atoms with Gasteiger partial charge in [0.15, 0.2) is 12.1 Å². The molecular formula is C13H13BrN2O2. The van der Waals surface area contributed by atoms with E-state index in [1.165, 1.54) is 0 Å². The summed E-state index contributed by atoms with van der Waals surface area (Å²) in [6, 6.07) is 7.61. The molecule has 4 nitrogen and oxygen atoms in total. The minimum Gasteiger partial charge on any atom is -0.490 e. The van der Waals surface area contributed by atoms with Gasteiger partial charge in [-0.2, -0.15) is 0 Å². The van der Waals surface area contributed by atoms with E-state index in [0.717, 1.165) is 11.3 Å². The Kier molecular flexibility index (Phi) is 3.81. The van der Waals surface area contributed by atoms with Gasteiger partial charge in [-0.15, -0.1) is 0 Å². The van der Waals surface area contributed by atoms with Crippen molar-refractivity contribution >= 4 is 22.2 Å². The van der Waals surface area contributed by atoms with Crippen molar-refractivity contribution in [3.8, 4) is 17.0 Å². The summed E-state index contributed by atoms with van der Waals surface area (Å²) in [6.45, 7) is 3.93. The van der Waals surface area contributed by atoms with Gasteiger partial charge >= 0.3 is 0 Å². The Labute approximate surface area is 114 Å². The summed E-state index contributed by atoms with van der Waals surface area (Å²) in [7, 11) is 0. The van der Waals surface area contributed by atoms with Crippen molar-refractivity contribution in [1.29, 1.82) is 0 Å². The molecule has 0 spiro atoms. The number of aldehydes is 1. The number of benzene rings is 1. The molecule has 0 aliphatic heterocycles. The van der Waals surface area contributed by atoms with Crippen LogP contribution in [-0.2, 0) is 0 Å². The number of hydrogen-bond acceptors (Lipinski definition) is 3. The van der Waals surface area contributed by atoms with E-state index in [0.29, 0.717) is 16.6 Å². The quantitative estimate of drug-likeness (QED) is 0.880. The minimum atomic E-state index is 0.0782. The number of aromatic amines is 1. The molecule has 0 atom stereocenters. The molecular weight excluding hydrogens is 296 g/mol. The first-order valence-electron chi connectivity index (χ1n) is 5.58. The monoisotopic (exact) mass is 308 g/mol. The Morgan fingerprint density at radius 1 is 1.39 bits per heavy atom. The van der Waals surface area contributed by atoms with Gasteiger partial charge < -0.3 is 9.72 Å². The maximum Gasteiger partial charge on any atom is 0.185 e. The van der Waals surface area contributed by atoms with E-state index in [1.807, 2.05) is 38.1 Å². The lowest BCUT2D eigenvalue weighted by Crippen LogP contribution is -2.06. The van der Waals surface area contributed by atoms with Crippen LogP contribution in [-0.4, -0.2) is 22.4 Å². The van der Waals surface area contributed by atoms with Crippen molar-refractivity contribution < 1.29 is 9.53 Å². The highest BCUT2D eigenvalue weighted by atomic mass is 79.9. The maximum atomic E-state index is 10.7. The molecule has 5 heteroatoms. The Bertz CT molecular complexity index is 564. The number of nitrogens with one attached hydrogen (secondary N) is 1. The third kappa shape index (κ3) is 2.61. The molecule has 94 valence electrons. The maximum absolute atomic E-state index is 10.7. The van der Waals surface area contributed by atoms with Crippen molar-refractivity contribution in [2.45, 2.75) is 20.0 Å². The summed E-state index contributed by atoms with van der Waals surface area (Å²) in [5, 5.41) is 0. The molecule has 0 unspecified atom stereocenters. The van der Waals surface area contributed by atoms with Gasteiger partial charge in [0.05, 0.1) is 6.10 Å². The highest BCUT2D eigenvalue weighted by molar-refractivity contribution is 9.10. The van der Waals surface area contributed by atoms with Gasteiger partial charge in [0.1, 0.15) is 16.0 Å². The highest BCUT2D eigenvalue weighted by Crippen LogP contribution is 2.33. The van der Waals surface area contributed by atoms with Gasteiger partial charge in [0.2, 0.25) is 0 Å². The number of carbonyl (C=O) groups excluding carboxylic acids is 1. The fourth-order valence-corrected chi connectivity index (χ4v) is 2.13. The van der Waals surface area contributed by atoms with Crippen molar-refractivity contribution in [3.63, 3.8) is 0 Å². The zero-order valence-electron chi connectivity index (χ0n) is 10.1. The van der Waals surface area contributed by atoms with E-state index in [4.69, 9.17) is 4.74 Å². The second-order valence-corrected chi connectivity index (χ2v) is 4.86. The third-order valence-electron chi connectivity index (χ3n) is 2.29. The number of H-pyrrole nitrogens is 1. The van der Waals surface area contributed by atoms with Crippen LogP contribution in [0.15, 0.2) is 28.9 Å². The van der Waals surface area contributed by atoms with Crippen LogP contribution in [0.25, 0.3) is 11.3 Å². The third-order valence-corrected chi connectivity index (χ3v) is 2.87. The van der Waals surface area contributed by atoms with Gasteiger partial charge in [-0.25, -0.2) is 4.98 Å². The van der Waals surface area contributed by atoms with Gasteiger partial charge in [-0.3, -0.25) is 4.79 Å². The van der Waals surface area contributed by atoms with E-state index >= 15 is 0 Å². The number of hydrogen-bond donors (Lipinski definition) is 1. The molecule has 0 bridgehead atoms. The normalized spacial score (nSPS) is 10.7. The molecule has 0 amide bonds. The molecule has 1 N–H and O–H groups in total. The molecule has 1 heterocycles. The summed E-state index contributed by atoms with van der Waals surface area (Å²) >= 11 is 3.36. The second-order valence-electron chi connectivity index (χ2n) is 4.07. The lowest BCUT2D eigenvalue weighted by molar-refractivity contribution is 0.111. The van der Waals surface area contributed by atoms with Crippen LogP contribution in [0.1, 0.15) is 24.5 Å². The average Bonchev–Trinajstić information content (AvgIpc) is 2.70. The van der Waals surface area contributed by atoms with Crippen LogP contribution < -0.4 is 4.74 Å². The summed E-state index contributed by atoms with van der Waals surface area (Å²) in [5.41, 5.74) is 1.52. The van der Waals surface area contributed by atoms with Crippen molar-refractivity contribution in [1.82, 2.24) is 9.97 Å². The predicted octanol–water partition coefficient (Wildman–Crippen LogP) is 3.44. The zero-order chi connectivity index (χ0) is 13.1. The largest absolute Gasteiger partial charge is 0.490 e. The molecule has 1 aromatic carbocycles. The highest BCUT2D eigenvalue weighted by Gasteiger charge is 2.14. The number of imidazole rings is 1. The number of carbonyl (C=O) groups is 1. The summed E-state index contributed by atoms with van der Waals surface area (Å²) < 4.78 is 6.41. The number of nitrogens with zero attached hydrogens (tertiary/aromatic N) is 1.